The van der Waals surface area contributed by atoms with Crippen LogP contribution in [0.5, 0.6) is 0 Å². The van der Waals surface area contributed by atoms with Crippen LogP contribution in [0.15, 0.2) is 0 Å². The molecule has 0 nitrogen and oxygen atoms in total. The van der Waals surface area contributed by atoms with Crippen molar-refractivity contribution in [3.8, 4) is 0 Å². The normalized spacial score (nSPS) is 11.2. The number of unbranched alkanes of at least 4 members (excludes halogenated alkanes) is 3. The van der Waals surface area contributed by atoms with Crippen molar-refractivity contribution < 1.29 is 0 Å². The number of halogens is 1. The van der Waals surface area contributed by atoms with E-state index in [0.29, 0.717) is 0 Å². The maximum Gasteiger partial charge on any atom is -0.147 e. The SMILES string of the molecule is CCC[CH2][Bi]([CH3])([CH2]CCC)[CH2]CCC.Cl. The van der Waals surface area contributed by atoms with Crippen LogP contribution in [0.4, 0.5) is 0 Å². The summed E-state index contributed by atoms with van der Waals surface area (Å²) in [6, 6.07) is 0. The fourth-order valence-electron chi connectivity index (χ4n) is 1.95. The Labute approximate surface area is 108 Å². The van der Waals surface area contributed by atoms with Gasteiger partial charge in [0, 0.05) is 0 Å². The monoisotopic (exact) mass is 431 g/mol. The second kappa shape index (κ2) is 11.7. The van der Waals surface area contributed by atoms with Crippen molar-refractivity contribution in [1.29, 1.82) is 0 Å². The molecular formula is C13H31BiCl. The molecule has 2 heteroatoms. The van der Waals surface area contributed by atoms with Crippen molar-refractivity contribution in [2.24, 2.45) is 0 Å². The summed E-state index contributed by atoms with van der Waals surface area (Å²) in [6.45, 7) is 7.02. The summed E-state index contributed by atoms with van der Waals surface area (Å²) in [5, 5.41) is 0. The predicted octanol–water partition coefficient (Wildman–Crippen LogP) is 5.89. The molecule has 0 spiro atoms. The van der Waals surface area contributed by atoms with Crippen LogP contribution in [0.2, 0.25) is 17.0 Å². The number of hydrogen-bond donors (Lipinski definition) is 0. The Bertz CT molecular complexity index is 104. The third kappa shape index (κ3) is 10.1. The molecule has 0 aromatic rings. The Morgan fingerprint density at radius 3 is 1.13 bits per heavy atom. The summed E-state index contributed by atoms with van der Waals surface area (Å²) in [6.07, 6.45) is 8.78. The van der Waals surface area contributed by atoms with Gasteiger partial charge in [-0.1, -0.05) is 0 Å². The van der Waals surface area contributed by atoms with Gasteiger partial charge in [-0.25, -0.2) is 0 Å². The van der Waals surface area contributed by atoms with Crippen molar-refractivity contribution in [2.75, 3.05) is 0 Å². The van der Waals surface area contributed by atoms with Gasteiger partial charge in [0.25, 0.3) is 0 Å². The minimum absolute atomic E-state index is 0. The Morgan fingerprint density at radius 2 is 0.933 bits per heavy atom. The van der Waals surface area contributed by atoms with E-state index in [2.05, 4.69) is 25.4 Å². The van der Waals surface area contributed by atoms with Crippen LogP contribution < -0.4 is 0 Å². The summed E-state index contributed by atoms with van der Waals surface area (Å²) < 4.78 is 7.71. The molecule has 0 aliphatic rings. The molecule has 0 aliphatic heterocycles. The van der Waals surface area contributed by atoms with Crippen LogP contribution in [0.1, 0.15) is 59.3 Å². The topological polar surface area (TPSA) is 0 Å². The smallest absolute Gasteiger partial charge is 0.147 e. The van der Waals surface area contributed by atoms with Gasteiger partial charge < -0.3 is 0 Å². The zero-order valence-corrected chi connectivity index (χ0v) is 15.5. The molecule has 0 unspecified atom stereocenters. The molecule has 0 heterocycles. The van der Waals surface area contributed by atoms with Gasteiger partial charge in [-0.15, -0.1) is 12.4 Å². The fourth-order valence-corrected chi connectivity index (χ4v) is 17.2. The van der Waals surface area contributed by atoms with Crippen LogP contribution in [0.25, 0.3) is 0 Å². The molecular weight excluding hydrogens is 401 g/mol. The Morgan fingerprint density at radius 1 is 0.667 bits per heavy atom. The standard InChI is InChI=1S/3C4H9.CH3.Bi.ClH/c3*1-3-4-2;;;/h3*1,3-4H2,2H3;1H3;;1H. The van der Waals surface area contributed by atoms with Gasteiger partial charge in [-0.2, -0.15) is 0 Å². The van der Waals surface area contributed by atoms with Crippen LogP contribution in [0, 0.1) is 0 Å². The Kier molecular flexibility index (Phi) is 14.4. The quantitative estimate of drug-likeness (QED) is 0.399. The zero-order chi connectivity index (χ0) is 10.9. The summed E-state index contributed by atoms with van der Waals surface area (Å²) >= 11 is -1.62. The molecule has 0 amide bonds. The van der Waals surface area contributed by atoms with E-state index in [0.717, 1.165) is 0 Å². The molecule has 95 valence electrons. The first kappa shape index (κ1) is 18.5. The third-order valence-corrected chi connectivity index (χ3v) is 19.4. The molecule has 15 heavy (non-hydrogen) atoms. The molecule has 0 aromatic carbocycles. The molecule has 0 rings (SSSR count). The van der Waals surface area contributed by atoms with E-state index >= 15 is 0 Å². The van der Waals surface area contributed by atoms with Crippen LogP contribution in [0.3, 0.4) is 0 Å². The minimum atomic E-state index is -1.62. The number of rotatable bonds is 9. The first-order chi connectivity index (χ1) is 6.68. The molecule has 1 radical (unpaired) electrons. The van der Waals surface area contributed by atoms with Gasteiger partial charge in [0.05, 0.1) is 0 Å². The van der Waals surface area contributed by atoms with E-state index in [1.807, 2.05) is 0 Å². The minimum Gasteiger partial charge on any atom is -0.147 e. The van der Waals surface area contributed by atoms with Crippen LogP contribution in [-0.2, 0) is 0 Å². The van der Waals surface area contributed by atoms with E-state index in [4.69, 9.17) is 0 Å². The average Bonchev–Trinajstić information content (AvgIpc) is 2.21. The van der Waals surface area contributed by atoms with Crippen molar-refractivity contribution in [1.82, 2.24) is 0 Å². The van der Waals surface area contributed by atoms with Gasteiger partial charge in [-0.05, 0) is 0 Å². The first-order valence-electron chi connectivity index (χ1n) is 6.52. The molecule has 0 aliphatic carbocycles. The van der Waals surface area contributed by atoms with Crippen LogP contribution in [-0.4, -0.2) is 20.3 Å². The second-order valence-corrected chi connectivity index (χ2v) is 22.7. The second-order valence-electron chi connectivity index (χ2n) is 4.85. The van der Waals surface area contributed by atoms with Gasteiger partial charge >= 0.3 is 96.6 Å². The summed E-state index contributed by atoms with van der Waals surface area (Å²) in [5.41, 5.74) is 0. The number of hydrogen-bond acceptors (Lipinski definition) is 0. The van der Waals surface area contributed by atoms with Gasteiger partial charge in [0.2, 0.25) is 0 Å². The van der Waals surface area contributed by atoms with E-state index in [-0.39, 0.29) is 12.4 Å². The van der Waals surface area contributed by atoms with Crippen LogP contribution >= 0.6 is 12.4 Å². The summed E-state index contributed by atoms with van der Waals surface area (Å²) in [7, 11) is 0. The Balaban J connectivity index is 0. The molecule has 0 bridgehead atoms. The van der Waals surface area contributed by atoms with Crippen molar-refractivity contribution >= 4 is 32.7 Å². The third-order valence-electron chi connectivity index (χ3n) is 3.15. The molecule has 0 atom stereocenters. The van der Waals surface area contributed by atoms with E-state index in [1.165, 1.54) is 38.5 Å². The fraction of sp³-hybridized carbons (Fsp3) is 1.00. The predicted molar refractivity (Wildman–Crippen MR) is 78.0 cm³/mol. The van der Waals surface area contributed by atoms with Gasteiger partial charge in [-0.3, -0.25) is 0 Å². The maximum atomic E-state index is 2.72. The van der Waals surface area contributed by atoms with Gasteiger partial charge in [0.15, 0.2) is 0 Å². The largest absolute Gasteiger partial charge is 0.147 e. The summed E-state index contributed by atoms with van der Waals surface area (Å²) in [5.74, 6) is 0. The molecule has 0 saturated heterocycles. The first-order valence-corrected chi connectivity index (χ1v) is 17.4. The van der Waals surface area contributed by atoms with E-state index in [1.54, 1.807) is 12.4 Å². The molecule has 0 saturated carbocycles. The molecule has 0 aromatic heterocycles. The molecule has 0 N–H and O–H groups in total. The zero-order valence-electron chi connectivity index (χ0n) is 11.2. The van der Waals surface area contributed by atoms with Crippen molar-refractivity contribution in [3.63, 3.8) is 0 Å². The van der Waals surface area contributed by atoms with E-state index in [9.17, 15) is 0 Å². The van der Waals surface area contributed by atoms with Gasteiger partial charge in [0.1, 0.15) is 0 Å². The Hall–Kier alpha value is 1.17. The maximum absolute atomic E-state index is 2.72. The van der Waals surface area contributed by atoms with E-state index < -0.39 is 20.3 Å². The van der Waals surface area contributed by atoms with Crippen molar-refractivity contribution in [3.05, 3.63) is 0 Å². The van der Waals surface area contributed by atoms with Crippen molar-refractivity contribution in [2.45, 2.75) is 76.3 Å². The summed E-state index contributed by atoms with van der Waals surface area (Å²) in [4.78, 5) is 0. The average molecular weight is 432 g/mol. The molecule has 0 fully saturated rings.